The van der Waals surface area contributed by atoms with Gasteiger partial charge in [0.05, 0.1) is 0 Å². The molecule has 0 aliphatic rings. The Bertz CT molecular complexity index is 377. The second-order valence-electron chi connectivity index (χ2n) is 4.74. The first kappa shape index (κ1) is 16.7. The summed E-state index contributed by atoms with van der Waals surface area (Å²) < 4.78 is 0. The molecule has 114 valence electrons. The van der Waals surface area contributed by atoms with E-state index in [2.05, 4.69) is 53.2 Å². The van der Waals surface area contributed by atoms with Crippen LogP contribution < -0.4 is 10.6 Å². The fourth-order valence-corrected chi connectivity index (χ4v) is 2.27. The molecule has 20 heavy (non-hydrogen) atoms. The predicted molar refractivity (Wildman–Crippen MR) is 86.5 cm³/mol. The average molecular weight is 279 g/mol. The van der Waals surface area contributed by atoms with Gasteiger partial charge in [0.25, 0.3) is 0 Å². The number of hydrogen-bond donors (Lipinski definition) is 2. The predicted octanol–water partition coefficient (Wildman–Crippen LogP) is 2.61. The van der Waals surface area contributed by atoms with Gasteiger partial charge in [0, 0.05) is 18.7 Å². The van der Waals surface area contributed by atoms with Crippen molar-refractivity contribution in [3.05, 3.63) is 11.9 Å². The molecule has 1 rings (SSSR count). The highest BCUT2D eigenvalue weighted by molar-refractivity contribution is 5.57. The monoisotopic (exact) mass is 279 g/mol. The van der Waals surface area contributed by atoms with Gasteiger partial charge in [-0.3, -0.25) is 0 Å². The zero-order chi connectivity index (χ0) is 14.8. The maximum Gasteiger partial charge on any atom is 0.134 e. The van der Waals surface area contributed by atoms with Gasteiger partial charge in [-0.25, -0.2) is 9.97 Å². The van der Waals surface area contributed by atoms with Gasteiger partial charge in [-0.05, 0) is 39.4 Å². The SMILES string of the molecule is CCNc1ncnc(NCCCN(CC)CC)c1CC. The van der Waals surface area contributed by atoms with Crippen LogP contribution in [0.2, 0.25) is 0 Å². The Labute approximate surface area is 123 Å². The van der Waals surface area contributed by atoms with Crippen molar-refractivity contribution >= 4 is 11.6 Å². The zero-order valence-corrected chi connectivity index (χ0v) is 13.4. The maximum absolute atomic E-state index is 4.37. The maximum atomic E-state index is 4.37. The van der Waals surface area contributed by atoms with Gasteiger partial charge in [0.15, 0.2) is 0 Å². The molecule has 0 bridgehead atoms. The molecule has 1 aromatic heterocycles. The first-order chi connectivity index (χ1) is 9.76. The number of hydrogen-bond acceptors (Lipinski definition) is 5. The van der Waals surface area contributed by atoms with E-state index in [1.165, 1.54) is 5.56 Å². The number of rotatable bonds is 10. The van der Waals surface area contributed by atoms with Gasteiger partial charge in [-0.2, -0.15) is 0 Å². The Balaban J connectivity index is 2.53. The second-order valence-corrected chi connectivity index (χ2v) is 4.74. The highest BCUT2D eigenvalue weighted by Crippen LogP contribution is 2.20. The third-order valence-corrected chi connectivity index (χ3v) is 3.48. The van der Waals surface area contributed by atoms with Crippen molar-refractivity contribution in [1.82, 2.24) is 14.9 Å². The molecular weight excluding hydrogens is 250 g/mol. The number of nitrogens with zero attached hydrogens (tertiary/aromatic N) is 3. The smallest absolute Gasteiger partial charge is 0.134 e. The lowest BCUT2D eigenvalue weighted by atomic mass is 10.2. The molecule has 0 saturated heterocycles. The zero-order valence-electron chi connectivity index (χ0n) is 13.4. The summed E-state index contributed by atoms with van der Waals surface area (Å²) in [5, 5.41) is 6.74. The van der Waals surface area contributed by atoms with Crippen LogP contribution in [0.4, 0.5) is 11.6 Å². The van der Waals surface area contributed by atoms with Crippen LogP contribution in [0.25, 0.3) is 0 Å². The van der Waals surface area contributed by atoms with Gasteiger partial charge in [-0.15, -0.1) is 0 Å². The van der Waals surface area contributed by atoms with Gasteiger partial charge in [0.2, 0.25) is 0 Å². The standard InChI is InChI=1S/C15H29N5/c1-5-13-14(16-6-2)18-12-19-15(13)17-10-9-11-20(7-3)8-4/h12H,5-11H2,1-4H3,(H2,16,17,18,19). The molecule has 0 atom stereocenters. The van der Waals surface area contributed by atoms with Crippen LogP contribution in [0.3, 0.4) is 0 Å². The Hall–Kier alpha value is -1.36. The van der Waals surface area contributed by atoms with Crippen molar-refractivity contribution < 1.29 is 0 Å². The molecule has 0 aliphatic heterocycles. The Morgan fingerprint density at radius 1 is 1.00 bits per heavy atom. The van der Waals surface area contributed by atoms with E-state index >= 15 is 0 Å². The fraction of sp³-hybridized carbons (Fsp3) is 0.733. The molecule has 0 radical (unpaired) electrons. The van der Waals surface area contributed by atoms with Crippen molar-refractivity contribution in [2.75, 3.05) is 43.4 Å². The van der Waals surface area contributed by atoms with E-state index in [0.717, 1.165) is 57.2 Å². The summed E-state index contributed by atoms with van der Waals surface area (Å²) in [4.78, 5) is 11.1. The van der Waals surface area contributed by atoms with E-state index in [0.29, 0.717) is 0 Å². The summed E-state index contributed by atoms with van der Waals surface area (Å²) >= 11 is 0. The second kappa shape index (κ2) is 9.53. The van der Waals surface area contributed by atoms with Gasteiger partial charge < -0.3 is 15.5 Å². The van der Waals surface area contributed by atoms with E-state index in [4.69, 9.17) is 0 Å². The van der Waals surface area contributed by atoms with Gasteiger partial charge in [-0.1, -0.05) is 20.8 Å². The Morgan fingerprint density at radius 2 is 1.65 bits per heavy atom. The summed E-state index contributed by atoms with van der Waals surface area (Å²) in [5.41, 5.74) is 1.18. The van der Waals surface area contributed by atoms with Crippen LogP contribution in [0, 0.1) is 0 Å². The van der Waals surface area contributed by atoms with E-state index in [1.54, 1.807) is 6.33 Å². The molecule has 0 spiro atoms. The summed E-state index contributed by atoms with van der Waals surface area (Å²) in [7, 11) is 0. The molecule has 5 heteroatoms. The van der Waals surface area contributed by atoms with Crippen LogP contribution in [-0.4, -0.2) is 47.6 Å². The third-order valence-electron chi connectivity index (χ3n) is 3.48. The average Bonchev–Trinajstić information content (AvgIpc) is 2.48. The Kier molecular flexibility index (Phi) is 7.95. The summed E-state index contributed by atoms with van der Waals surface area (Å²) in [5.74, 6) is 1.93. The third kappa shape index (κ3) is 4.96. The highest BCUT2D eigenvalue weighted by Gasteiger charge is 2.08. The van der Waals surface area contributed by atoms with E-state index in [-0.39, 0.29) is 0 Å². The summed E-state index contributed by atoms with van der Waals surface area (Å²) in [6.07, 6.45) is 3.69. The van der Waals surface area contributed by atoms with Crippen LogP contribution >= 0.6 is 0 Å². The topological polar surface area (TPSA) is 53.1 Å². The minimum atomic E-state index is 0.880. The largest absolute Gasteiger partial charge is 0.370 e. The van der Waals surface area contributed by atoms with Crippen LogP contribution in [0.15, 0.2) is 6.33 Å². The number of anilines is 2. The number of aromatic nitrogens is 2. The van der Waals surface area contributed by atoms with Gasteiger partial charge >= 0.3 is 0 Å². The molecule has 0 fully saturated rings. The van der Waals surface area contributed by atoms with Gasteiger partial charge in [0.1, 0.15) is 18.0 Å². The molecule has 2 N–H and O–H groups in total. The normalized spacial score (nSPS) is 10.8. The lowest BCUT2D eigenvalue weighted by molar-refractivity contribution is 0.303. The van der Waals surface area contributed by atoms with Crippen LogP contribution in [0.5, 0.6) is 0 Å². The molecule has 0 aliphatic carbocycles. The molecular formula is C15H29N5. The first-order valence-electron chi connectivity index (χ1n) is 7.80. The van der Waals surface area contributed by atoms with E-state index in [9.17, 15) is 0 Å². The lowest BCUT2D eigenvalue weighted by Gasteiger charge is -2.18. The lowest BCUT2D eigenvalue weighted by Crippen LogP contribution is -2.25. The molecule has 1 heterocycles. The van der Waals surface area contributed by atoms with Crippen molar-refractivity contribution in [3.63, 3.8) is 0 Å². The van der Waals surface area contributed by atoms with Crippen LogP contribution in [0.1, 0.15) is 39.7 Å². The fourth-order valence-electron chi connectivity index (χ4n) is 2.27. The highest BCUT2D eigenvalue weighted by atomic mass is 15.1. The molecule has 0 unspecified atom stereocenters. The van der Waals surface area contributed by atoms with Crippen molar-refractivity contribution in [1.29, 1.82) is 0 Å². The first-order valence-corrected chi connectivity index (χ1v) is 7.80. The molecule has 1 aromatic rings. The molecule has 0 saturated carbocycles. The number of nitrogens with one attached hydrogen (secondary N) is 2. The molecule has 0 aromatic carbocycles. The summed E-state index contributed by atoms with van der Waals surface area (Å²) in [6, 6.07) is 0. The minimum absolute atomic E-state index is 0.880. The minimum Gasteiger partial charge on any atom is -0.370 e. The van der Waals surface area contributed by atoms with E-state index in [1.807, 2.05) is 0 Å². The molecule has 5 nitrogen and oxygen atoms in total. The van der Waals surface area contributed by atoms with Crippen molar-refractivity contribution in [2.45, 2.75) is 40.5 Å². The van der Waals surface area contributed by atoms with Crippen LogP contribution in [-0.2, 0) is 6.42 Å². The summed E-state index contributed by atoms with van der Waals surface area (Å²) in [6.45, 7) is 13.8. The van der Waals surface area contributed by atoms with Crippen molar-refractivity contribution in [2.24, 2.45) is 0 Å². The Morgan fingerprint density at radius 3 is 2.20 bits per heavy atom. The van der Waals surface area contributed by atoms with E-state index < -0.39 is 0 Å². The quantitative estimate of drug-likeness (QED) is 0.645. The van der Waals surface area contributed by atoms with Crippen molar-refractivity contribution in [3.8, 4) is 0 Å². The molecule has 0 amide bonds.